The maximum atomic E-state index is 13.8. The van der Waals surface area contributed by atoms with E-state index < -0.39 is 17.6 Å². The molecule has 1 saturated heterocycles. The highest BCUT2D eigenvalue weighted by atomic mass is 19.2. The number of rotatable bonds is 6. The third kappa shape index (κ3) is 5.04. The summed E-state index contributed by atoms with van der Waals surface area (Å²) < 4.78 is 43.4. The molecule has 0 radical (unpaired) electrons. The number of nitrogens with one attached hydrogen (secondary N) is 1. The number of halogens is 2. The van der Waals surface area contributed by atoms with Crippen molar-refractivity contribution < 1.29 is 32.6 Å². The number of fused-ring (bicyclic) bond motifs is 1. The van der Waals surface area contributed by atoms with Crippen LogP contribution in [0.5, 0.6) is 5.75 Å². The fourth-order valence-electron chi connectivity index (χ4n) is 4.22. The lowest BCUT2D eigenvalue weighted by molar-refractivity contribution is -0.147. The lowest BCUT2D eigenvalue weighted by atomic mass is 9.72. The molecule has 1 N–H and O–H groups in total. The molecule has 0 amide bonds. The topological polar surface area (TPSA) is 73.9 Å². The molecule has 2 fully saturated rings. The zero-order valence-electron chi connectivity index (χ0n) is 16.7. The molecule has 1 aliphatic carbocycles. The van der Waals surface area contributed by atoms with Gasteiger partial charge in [0.1, 0.15) is 17.4 Å². The molecule has 1 aromatic rings. The van der Waals surface area contributed by atoms with Gasteiger partial charge in [0, 0.05) is 6.07 Å². The lowest BCUT2D eigenvalue weighted by Gasteiger charge is -2.41. The zero-order chi connectivity index (χ0) is 21.0. The Morgan fingerprint density at radius 2 is 1.76 bits per heavy atom. The summed E-state index contributed by atoms with van der Waals surface area (Å²) in [7, 11) is 0. The van der Waals surface area contributed by atoms with E-state index in [1.807, 2.05) is 0 Å². The summed E-state index contributed by atoms with van der Waals surface area (Å²) in [5.74, 6) is -2.54. The maximum Gasteiger partial charge on any atom is 0.342 e. The second-order valence-electron chi connectivity index (χ2n) is 7.50. The Balaban J connectivity index is 1.70. The Kier molecular flexibility index (Phi) is 7.05. The van der Waals surface area contributed by atoms with E-state index >= 15 is 0 Å². The van der Waals surface area contributed by atoms with Crippen molar-refractivity contribution in [1.82, 2.24) is 5.32 Å². The number of carbonyl (C=O) groups is 2. The lowest BCUT2D eigenvalue weighted by Crippen LogP contribution is -2.51. The van der Waals surface area contributed by atoms with Gasteiger partial charge >= 0.3 is 11.9 Å². The highest BCUT2D eigenvalue weighted by Crippen LogP contribution is 2.38. The van der Waals surface area contributed by atoms with Gasteiger partial charge in [0.25, 0.3) is 0 Å². The molecular weight excluding hydrogens is 384 g/mol. The fraction of sp³-hybridized carbons (Fsp3) is 0.619. The second-order valence-corrected chi connectivity index (χ2v) is 7.50. The molecular formula is C21H27F2NO5. The Hall–Kier alpha value is -2.22. The monoisotopic (exact) mass is 411 g/mol. The van der Waals surface area contributed by atoms with E-state index in [0.29, 0.717) is 25.4 Å². The summed E-state index contributed by atoms with van der Waals surface area (Å²) in [4.78, 5) is 24.2. The third-order valence-corrected chi connectivity index (χ3v) is 5.64. The van der Waals surface area contributed by atoms with Crippen LogP contribution in [-0.4, -0.2) is 43.8 Å². The SMILES string of the molecule is CCOC(=O)c1cc(F)c(F)cc1O[C@H]1CCC2CN[C@H](C(=O)OCC)CC2C1. The van der Waals surface area contributed by atoms with Gasteiger partial charge in [-0.3, -0.25) is 4.79 Å². The normalized spacial score (nSPS) is 26.3. The average molecular weight is 411 g/mol. The van der Waals surface area contributed by atoms with Crippen molar-refractivity contribution in [1.29, 1.82) is 0 Å². The molecule has 4 atom stereocenters. The van der Waals surface area contributed by atoms with Crippen molar-refractivity contribution in [3.8, 4) is 5.75 Å². The van der Waals surface area contributed by atoms with Gasteiger partial charge in [0.15, 0.2) is 11.6 Å². The standard InChI is InChI=1S/C21H27F2NO5/c1-3-27-20(25)15-9-16(22)17(23)10-19(15)29-14-6-5-12-11-24-18(8-13(12)7-14)21(26)28-4-2/h9-10,12-14,18,24H,3-8,11H2,1-2H3/t12?,13?,14-,18-/m0/s1. The summed E-state index contributed by atoms with van der Waals surface area (Å²) in [5.41, 5.74) is -0.123. The van der Waals surface area contributed by atoms with Gasteiger partial charge in [0.05, 0.1) is 19.3 Å². The molecule has 0 aromatic heterocycles. The van der Waals surface area contributed by atoms with Crippen LogP contribution in [0.25, 0.3) is 0 Å². The summed E-state index contributed by atoms with van der Waals surface area (Å²) in [5, 5.41) is 3.25. The Labute approximate surface area is 168 Å². The van der Waals surface area contributed by atoms with E-state index in [4.69, 9.17) is 14.2 Å². The Morgan fingerprint density at radius 1 is 1.03 bits per heavy atom. The minimum Gasteiger partial charge on any atom is -0.489 e. The minimum atomic E-state index is -1.13. The van der Waals surface area contributed by atoms with Crippen molar-refractivity contribution in [3.63, 3.8) is 0 Å². The van der Waals surface area contributed by atoms with Crippen LogP contribution >= 0.6 is 0 Å². The molecule has 2 unspecified atom stereocenters. The number of esters is 2. The molecule has 0 spiro atoms. The van der Waals surface area contributed by atoms with Gasteiger partial charge in [-0.25, -0.2) is 13.6 Å². The fourth-order valence-corrected chi connectivity index (χ4v) is 4.22. The Morgan fingerprint density at radius 3 is 2.48 bits per heavy atom. The number of ether oxygens (including phenoxy) is 3. The van der Waals surface area contributed by atoms with Gasteiger partial charge in [-0.2, -0.15) is 0 Å². The van der Waals surface area contributed by atoms with Crippen molar-refractivity contribution in [2.45, 2.75) is 51.7 Å². The molecule has 2 aliphatic rings. The zero-order valence-corrected chi connectivity index (χ0v) is 16.7. The van der Waals surface area contributed by atoms with E-state index in [-0.39, 0.29) is 42.0 Å². The van der Waals surface area contributed by atoms with Crippen molar-refractivity contribution in [2.24, 2.45) is 11.8 Å². The quantitative estimate of drug-likeness (QED) is 0.725. The Bertz CT molecular complexity index is 757. The van der Waals surface area contributed by atoms with E-state index in [0.717, 1.165) is 31.5 Å². The van der Waals surface area contributed by atoms with Crippen LogP contribution in [0.2, 0.25) is 0 Å². The average Bonchev–Trinajstić information content (AvgIpc) is 2.70. The molecule has 1 heterocycles. The molecule has 1 aliphatic heterocycles. The van der Waals surface area contributed by atoms with Gasteiger partial charge in [-0.05, 0) is 64.0 Å². The van der Waals surface area contributed by atoms with Crippen LogP contribution in [-0.2, 0) is 14.3 Å². The van der Waals surface area contributed by atoms with Crippen LogP contribution in [0, 0.1) is 23.5 Å². The predicted octanol–water partition coefficient (Wildman–Crippen LogP) is 3.23. The molecule has 29 heavy (non-hydrogen) atoms. The van der Waals surface area contributed by atoms with Gasteiger partial charge in [0.2, 0.25) is 0 Å². The number of piperidine rings is 1. The molecule has 6 nitrogen and oxygen atoms in total. The molecule has 160 valence electrons. The summed E-state index contributed by atoms with van der Waals surface area (Å²) in [6.07, 6.45) is 2.68. The van der Waals surface area contributed by atoms with Crippen molar-refractivity contribution in [2.75, 3.05) is 19.8 Å². The van der Waals surface area contributed by atoms with E-state index in [1.165, 1.54) is 0 Å². The number of hydrogen-bond acceptors (Lipinski definition) is 6. The van der Waals surface area contributed by atoms with E-state index in [9.17, 15) is 18.4 Å². The number of benzene rings is 1. The van der Waals surface area contributed by atoms with Crippen LogP contribution in [0.1, 0.15) is 49.9 Å². The third-order valence-electron chi connectivity index (χ3n) is 5.64. The first-order valence-corrected chi connectivity index (χ1v) is 10.2. The molecule has 0 bridgehead atoms. The first-order valence-electron chi connectivity index (χ1n) is 10.2. The second kappa shape index (κ2) is 9.52. The number of carbonyl (C=O) groups excluding carboxylic acids is 2. The van der Waals surface area contributed by atoms with Crippen molar-refractivity contribution in [3.05, 3.63) is 29.3 Å². The highest BCUT2D eigenvalue weighted by Gasteiger charge is 2.39. The van der Waals surface area contributed by atoms with Crippen LogP contribution in [0.3, 0.4) is 0 Å². The molecule has 1 saturated carbocycles. The van der Waals surface area contributed by atoms with Crippen LogP contribution < -0.4 is 10.1 Å². The van der Waals surface area contributed by atoms with Gasteiger partial charge in [-0.15, -0.1) is 0 Å². The molecule has 3 rings (SSSR count). The summed E-state index contributed by atoms with van der Waals surface area (Å²) >= 11 is 0. The molecule has 8 heteroatoms. The number of hydrogen-bond donors (Lipinski definition) is 1. The first kappa shape index (κ1) is 21.5. The van der Waals surface area contributed by atoms with Crippen LogP contribution in [0.4, 0.5) is 8.78 Å². The van der Waals surface area contributed by atoms with Gasteiger partial charge < -0.3 is 19.5 Å². The molecule has 1 aromatic carbocycles. The predicted molar refractivity (Wildman–Crippen MR) is 101 cm³/mol. The van der Waals surface area contributed by atoms with E-state index in [2.05, 4.69) is 5.32 Å². The first-order chi connectivity index (χ1) is 13.9. The summed E-state index contributed by atoms with van der Waals surface area (Å²) in [6, 6.07) is 1.38. The largest absolute Gasteiger partial charge is 0.489 e. The van der Waals surface area contributed by atoms with Crippen LogP contribution in [0.15, 0.2) is 12.1 Å². The smallest absolute Gasteiger partial charge is 0.342 e. The van der Waals surface area contributed by atoms with Crippen molar-refractivity contribution >= 4 is 11.9 Å². The minimum absolute atomic E-state index is 0.0123. The summed E-state index contributed by atoms with van der Waals surface area (Å²) in [6.45, 7) is 4.60. The maximum absolute atomic E-state index is 13.8. The van der Waals surface area contributed by atoms with Gasteiger partial charge in [-0.1, -0.05) is 0 Å². The van der Waals surface area contributed by atoms with E-state index in [1.54, 1.807) is 13.8 Å². The highest BCUT2D eigenvalue weighted by molar-refractivity contribution is 5.92.